The highest BCUT2D eigenvalue weighted by Crippen LogP contribution is 2.60. The summed E-state index contributed by atoms with van der Waals surface area (Å²) < 4.78 is 1.08. The van der Waals surface area contributed by atoms with Crippen molar-refractivity contribution < 1.29 is 0 Å². The summed E-state index contributed by atoms with van der Waals surface area (Å²) in [5.41, 5.74) is 15.2. The number of hydrogen-bond donors (Lipinski definition) is 0. The molecule has 0 amide bonds. The lowest BCUT2D eigenvalue weighted by molar-refractivity contribution is 1.54. The molecule has 0 N–H and O–H groups in total. The van der Waals surface area contributed by atoms with E-state index in [0.29, 0.717) is 0 Å². The van der Waals surface area contributed by atoms with E-state index in [1.165, 1.54) is 77.5 Å². The van der Waals surface area contributed by atoms with E-state index in [1.54, 1.807) is 0 Å². The number of hydrogen-bond acceptors (Lipinski definition) is 0. The van der Waals surface area contributed by atoms with Crippen LogP contribution in [0.5, 0.6) is 0 Å². The van der Waals surface area contributed by atoms with Gasteiger partial charge in [0.2, 0.25) is 0 Å². The summed E-state index contributed by atoms with van der Waals surface area (Å²) >= 11 is 3.68. The Balaban J connectivity index is 1.68. The highest BCUT2D eigenvalue weighted by Gasteiger charge is 2.33. The average molecular weight is 586 g/mol. The predicted octanol–water partition coefficient (Wildman–Crippen LogP) is 11.9. The topological polar surface area (TPSA) is 0 Å². The van der Waals surface area contributed by atoms with Gasteiger partial charge < -0.3 is 0 Å². The van der Waals surface area contributed by atoms with E-state index in [0.717, 1.165) is 4.47 Å². The van der Waals surface area contributed by atoms with Crippen LogP contribution in [0.2, 0.25) is 0 Å². The van der Waals surface area contributed by atoms with Crippen molar-refractivity contribution in [1.82, 2.24) is 0 Å². The standard InChI is InChI=1S/C40H25Br/c41-31-24-22-30(23-25-31)38-36(28-14-6-2-7-15-28)35(27-12-4-1-5-13-27)37(29-16-8-3-9-17-29)39-32-20-10-18-26-19-11-21-33(34(26)32)40(38)39/h1-25H. The minimum atomic E-state index is 1.08. The molecule has 192 valence electrons. The third kappa shape index (κ3) is 3.81. The van der Waals surface area contributed by atoms with Crippen LogP contribution in [0.15, 0.2) is 156 Å². The maximum atomic E-state index is 3.68. The monoisotopic (exact) mass is 584 g/mol. The molecule has 0 unspecified atom stereocenters. The van der Waals surface area contributed by atoms with E-state index in [-0.39, 0.29) is 0 Å². The fourth-order valence-electron chi connectivity index (χ4n) is 6.63. The second kappa shape index (κ2) is 9.73. The van der Waals surface area contributed by atoms with Crippen LogP contribution in [0.3, 0.4) is 0 Å². The lowest BCUT2D eigenvalue weighted by atomic mass is 9.76. The molecular weight excluding hydrogens is 560 g/mol. The molecule has 0 aliphatic heterocycles. The van der Waals surface area contributed by atoms with Gasteiger partial charge in [0, 0.05) is 4.47 Å². The molecule has 41 heavy (non-hydrogen) atoms. The molecule has 0 fully saturated rings. The molecule has 0 saturated carbocycles. The van der Waals surface area contributed by atoms with Crippen LogP contribution in [0.4, 0.5) is 0 Å². The van der Waals surface area contributed by atoms with Gasteiger partial charge in [-0.1, -0.05) is 155 Å². The van der Waals surface area contributed by atoms with Gasteiger partial charge in [-0.2, -0.15) is 0 Å². The van der Waals surface area contributed by atoms with Crippen LogP contribution < -0.4 is 0 Å². The van der Waals surface area contributed by atoms with Crippen molar-refractivity contribution in [2.45, 2.75) is 0 Å². The Labute approximate surface area is 248 Å². The molecule has 0 spiro atoms. The quantitative estimate of drug-likeness (QED) is 0.193. The molecule has 0 radical (unpaired) electrons. The molecule has 8 rings (SSSR count). The Morgan fingerprint density at radius 3 is 1.07 bits per heavy atom. The lowest BCUT2D eigenvalue weighted by Gasteiger charge is -2.26. The number of rotatable bonds is 4. The molecule has 0 nitrogen and oxygen atoms in total. The van der Waals surface area contributed by atoms with Crippen LogP contribution in [-0.4, -0.2) is 0 Å². The molecule has 1 heteroatoms. The maximum Gasteiger partial charge on any atom is 0.0175 e. The zero-order valence-electron chi connectivity index (χ0n) is 22.3. The van der Waals surface area contributed by atoms with E-state index in [4.69, 9.17) is 0 Å². The van der Waals surface area contributed by atoms with E-state index in [1.807, 2.05) is 0 Å². The van der Waals surface area contributed by atoms with Gasteiger partial charge in [-0.05, 0) is 89.7 Å². The number of fused-ring (bicyclic) bond motifs is 3. The number of benzene rings is 7. The molecule has 0 atom stereocenters. The van der Waals surface area contributed by atoms with Gasteiger partial charge in [-0.25, -0.2) is 0 Å². The Hall–Kier alpha value is -4.72. The predicted molar refractivity (Wildman–Crippen MR) is 178 cm³/mol. The van der Waals surface area contributed by atoms with Gasteiger partial charge in [0.1, 0.15) is 0 Å². The first-order valence-electron chi connectivity index (χ1n) is 14.0. The van der Waals surface area contributed by atoms with Crippen LogP contribution in [-0.2, 0) is 0 Å². The SMILES string of the molecule is Brc1ccc(-c2c(-c3ccccc3)c(-c3ccccc3)c(-c3ccccc3)c3c2-c2cccc4cccc-3c24)cc1. The summed E-state index contributed by atoms with van der Waals surface area (Å²) in [7, 11) is 0. The Bertz CT molecular complexity index is 2050. The Morgan fingerprint density at radius 1 is 0.293 bits per heavy atom. The van der Waals surface area contributed by atoms with Crippen molar-refractivity contribution >= 4 is 26.7 Å². The van der Waals surface area contributed by atoms with Crippen molar-refractivity contribution in [3.05, 3.63) is 156 Å². The van der Waals surface area contributed by atoms with E-state index in [9.17, 15) is 0 Å². The van der Waals surface area contributed by atoms with E-state index >= 15 is 0 Å². The highest BCUT2D eigenvalue weighted by molar-refractivity contribution is 9.10. The third-order valence-corrected chi connectivity index (χ3v) is 8.79. The molecule has 7 aromatic carbocycles. The first-order valence-corrected chi connectivity index (χ1v) is 14.8. The van der Waals surface area contributed by atoms with Gasteiger partial charge in [0.25, 0.3) is 0 Å². The van der Waals surface area contributed by atoms with Gasteiger partial charge in [-0.3, -0.25) is 0 Å². The molecule has 0 bridgehead atoms. The minimum absolute atomic E-state index is 1.08. The zero-order chi connectivity index (χ0) is 27.3. The first kappa shape index (κ1) is 24.1. The first-order chi connectivity index (χ1) is 20.3. The molecule has 1 aliphatic rings. The fraction of sp³-hybridized carbons (Fsp3) is 0. The van der Waals surface area contributed by atoms with Crippen LogP contribution in [0.25, 0.3) is 77.5 Å². The van der Waals surface area contributed by atoms with Gasteiger partial charge in [0.15, 0.2) is 0 Å². The minimum Gasteiger partial charge on any atom is -0.0622 e. The lowest BCUT2D eigenvalue weighted by Crippen LogP contribution is -1.99. The van der Waals surface area contributed by atoms with Gasteiger partial charge >= 0.3 is 0 Å². The molecule has 7 aromatic rings. The fourth-order valence-corrected chi connectivity index (χ4v) is 6.90. The average Bonchev–Trinajstić information content (AvgIpc) is 3.37. The molecule has 1 aliphatic carbocycles. The van der Waals surface area contributed by atoms with Crippen molar-refractivity contribution in [2.75, 3.05) is 0 Å². The van der Waals surface area contributed by atoms with Crippen molar-refractivity contribution in [3.63, 3.8) is 0 Å². The molecule has 0 heterocycles. The second-order valence-electron chi connectivity index (χ2n) is 10.6. The van der Waals surface area contributed by atoms with E-state index < -0.39 is 0 Å². The summed E-state index contributed by atoms with van der Waals surface area (Å²) in [5, 5.41) is 2.62. The molecule has 0 aromatic heterocycles. The van der Waals surface area contributed by atoms with Crippen LogP contribution >= 0.6 is 15.9 Å². The Kier molecular flexibility index (Phi) is 5.72. The van der Waals surface area contributed by atoms with Crippen molar-refractivity contribution in [3.8, 4) is 66.8 Å². The maximum absolute atomic E-state index is 3.68. The van der Waals surface area contributed by atoms with Crippen LogP contribution in [0.1, 0.15) is 0 Å². The zero-order valence-corrected chi connectivity index (χ0v) is 23.9. The normalized spacial score (nSPS) is 11.5. The van der Waals surface area contributed by atoms with Crippen molar-refractivity contribution in [2.24, 2.45) is 0 Å². The highest BCUT2D eigenvalue weighted by atomic mass is 79.9. The molecule has 0 saturated heterocycles. The summed E-state index contributed by atoms with van der Waals surface area (Å²) in [6, 6.07) is 55.2. The Morgan fingerprint density at radius 2 is 0.659 bits per heavy atom. The van der Waals surface area contributed by atoms with Gasteiger partial charge in [0.05, 0.1) is 0 Å². The third-order valence-electron chi connectivity index (χ3n) is 8.26. The largest absolute Gasteiger partial charge is 0.0622 e. The number of halogens is 1. The van der Waals surface area contributed by atoms with Crippen molar-refractivity contribution in [1.29, 1.82) is 0 Å². The summed E-state index contributed by atoms with van der Waals surface area (Å²) in [5.74, 6) is 0. The smallest absolute Gasteiger partial charge is 0.0175 e. The summed E-state index contributed by atoms with van der Waals surface area (Å²) in [4.78, 5) is 0. The summed E-state index contributed by atoms with van der Waals surface area (Å²) in [6.45, 7) is 0. The molecular formula is C40H25Br. The van der Waals surface area contributed by atoms with Gasteiger partial charge in [-0.15, -0.1) is 0 Å². The van der Waals surface area contributed by atoms with Crippen LogP contribution in [0, 0.1) is 0 Å². The van der Waals surface area contributed by atoms with E-state index in [2.05, 4.69) is 168 Å². The second-order valence-corrected chi connectivity index (χ2v) is 11.5. The summed E-state index contributed by atoms with van der Waals surface area (Å²) in [6.07, 6.45) is 0.